The fourth-order valence-electron chi connectivity index (χ4n) is 4.15. The van der Waals surface area contributed by atoms with Crippen molar-refractivity contribution < 1.29 is 9.53 Å². The molecule has 0 N–H and O–H groups in total. The highest BCUT2D eigenvalue weighted by Gasteiger charge is 2.43. The Bertz CT molecular complexity index is 822. The van der Waals surface area contributed by atoms with Gasteiger partial charge in [-0.2, -0.15) is 0 Å². The zero-order valence-corrected chi connectivity index (χ0v) is 16.1. The van der Waals surface area contributed by atoms with Gasteiger partial charge in [-0.1, -0.05) is 0 Å². The normalized spacial score (nSPS) is 21.4. The number of likely N-dealkylation sites (tertiary alicyclic amines) is 1. The molecule has 2 aliphatic heterocycles. The Morgan fingerprint density at radius 2 is 1.81 bits per heavy atom. The second kappa shape index (κ2) is 7.13. The molecule has 2 atom stereocenters. The minimum atomic E-state index is 0.00940. The molecule has 0 aromatic carbocycles. The molecule has 2 aliphatic rings. The molecule has 2 aromatic heterocycles. The molecule has 0 aliphatic carbocycles. The fourth-order valence-corrected chi connectivity index (χ4v) is 4.15. The molecule has 7 nitrogen and oxygen atoms in total. The van der Waals surface area contributed by atoms with E-state index < -0.39 is 0 Å². The Labute approximate surface area is 159 Å². The second-order valence-corrected chi connectivity index (χ2v) is 7.38. The maximum Gasteiger partial charge on any atom is 0.259 e. The molecule has 4 rings (SSSR count). The highest BCUT2D eigenvalue weighted by Crippen LogP contribution is 2.34. The number of amides is 1. The average Bonchev–Trinajstić information content (AvgIpc) is 3.20. The maximum atomic E-state index is 13.0. The number of fused-ring (bicyclic) bond motifs is 1. The molecule has 0 bridgehead atoms. The van der Waals surface area contributed by atoms with Crippen molar-refractivity contribution in [3.05, 3.63) is 41.3 Å². The van der Waals surface area contributed by atoms with Gasteiger partial charge >= 0.3 is 0 Å². The van der Waals surface area contributed by atoms with E-state index in [1.54, 1.807) is 18.3 Å². The van der Waals surface area contributed by atoms with E-state index in [1.165, 1.54) is 0 Å². The molecule has 0 saturated carbocycles. The monoisotopic (exact) mass is 367 g/mol. The molecular weight excluding hydrogens is 342 g/mol. The van der Waals surface area contributed by atoms with Gasteiger partial charge in [-0.15, -0.1) is 0 Å². The van der Waals surface area contributed by atoms with Crippen molar-refractivity contribution in [2.24, 2.45) is 11.8 Å². The fraction of sp³-hybridized carbons (Fsp3) is 0.500. The van der Waals surface area contributed by atoms with E-state index in [2.05, 4.69) is 19.9 Å². The number of nitrogens with zero attached hydrogens (tertiary/aromatic N) is 5. The smallest absolute Gasteiger partial charge is 0.259 e. The zero-order valence-electron chi connectivity index (χ0n) is 16.1. The third-order valence-electron chi connectivity index (χ3n) is 5.31. The summed E-state index contributed by atoms with van der Waals surface area (Å²) in [4.78, 5) is 30.6. The minimum absolute atomic E-state index is 0.00940. The van der Waals surface area contributed by atoms with Crippen LogP contribution in [0.4, 0.5) is 5.95 Å². The Hall–Kier alpha value is -2.70. The van der Waals surface area contributed by atoms with E-state index >= 15 is 0 Å². The summed E-state index contributed by atoms with van der Waals surface area (Å²) >= 11 is 0. The van der Waals surface area contributed by atoms with Gasteiger partial charge in [0.05, 0.1) is 6.61 Å². The summed E-state index contributed by atoms with van der Waals surface area (Å²) in [6.07, 6.45) is 1.65. The van der Waals surface area contributed by atoms with Gasteiger partial charge in [-0.25, -0.2) is 15.0 Å². The van der Waals surface area contributed by atoms with Gasteiger partial charge in [-0.3, -0.25) is 4.79 Å². The molecule has 1 amide bonds. The number of pyridine rings is 1. The van der Waals surface area contributed by atoms with Crippen molar-refractivity contribution in [2.45, 2.75) is 20.8 Å². The van der Waals surface area contributed by atoms with Crippen LogP contribution in [0.15, 0.2) is 24.4 Å². The first kappa shape index (κ1) is 17.7. The first-order valence-corrected chi connectivity index (χ1v) is 9.49. The summed E-state index contributed by atoms with van der Waals surface area (Å²) in [7, 11) is 0. The first-order chi connectivity index (χ1) is 13.0. The molecule has 2 saturated heterocycles. The number of carbonyl (C=O) groups excluding carboxylic acids is 1. The Balaban J connectivity index is 1.45. The number of ether oxygens (including phenoxy) is 1. The van der Waals surface area contributed by atoms with Gasteiger partial charge in [0.1, 0.15) is 5.56 Å². The van der Waals surface area contributed by atoms with Crippen LogP contribution >= 0.6 is 0 Å². The van der Waals surface area contributed by atoms with E-state index in [1.807, 2.05) is 31.7 Å². The van der Waals surface area contributed by atoms with Crippen LogP contribution in [0.2, 0.25) is 0 Å². The quantitative estimate of drug-likeness (QED) is 0.824. The summed E-state index contributed by atoms with van der Waals surface area (Å²) in [6.45, 7) is 9.68. The molecule has 2 unspecified atom stereocenters. The summed E-state index contributed by atoms with van der Waals surface area (Å²) in [6, 6.07) is 5.57. The van der Waals surface area contributed by atoms with Gasteiger partial charge in [0.25, 0.3) is 5.91 Å². The van der Waals surface area contributed by atoms with E-state index in [4.69, 9.17) is 4.74 Å². The van der Waals surface area contributed by atoms with E-state index in [0.29, 0.717) is 29.9 Å². The molecular formula is C20H25N5O2. The van der Waals surface area contributed by atoms with Crippen LogP contribution in [0.5, 0.6) is 5.88 Å². The number of carbonyl (C=O) groups is 1. The van der Waals surface area contributed by atoms with Gasteiger partial charge in [0.15, 0.2) is 0 Å². The molecule has 0 spiro atoms. The maximum absolute atomic E-state index is 13.0. The van der Waals surface area contributed by atoms with Crippen LogP contribution < -0.4 is 9.64 Å². The van der Waals surface area contributed by atoms with E-state index in [9.17, 15) is 4.79 Å². The topological polar surface area (TPSA) is 71.5 Å². The van der Waals surface area contributed by atoms with Crippen molar-refractivity contribution >= 4 is 11.9 Å². The van der Waals surface area contributed by atoms with Gasteiger partial charge in [-0.05, 0) is 39.0 Å². The Morgan fingerprint density at radius 3 is 2.44 bits per heavy atom. The standard InChI is InChI=1S/C20H25N5O2/c1-4-27-18-17(6-5-7-21-18)19(26)24-9-15-11-25(12-16(15)10-24)20-22-13(2)8-14(3)23-20/h5-8,15-16H,4,9-12H2,1-3H3. The molecule has 0 radical (unpaired) electrons. The van der Waals surface area contributed by atoms with Crippen molar-refractivity contribution in [1.82, 2.24) is 19.9 Å². The van der Waals surface area contributed by atoms with Crippen molar-refractivity contribution in [3.8, 4) is 5.88 Å². The summed E-state index contributed by atoms with van der Waals surface area (Å²) in [5.74, 6) is 2.14. The largest absolute Gasteiger partial charge is 0.477 e. The zero-order chi connectivity index (χ0) is 19.0. The predicted molar refractivity (Wildman–Crippen MR) is 102 cm³/mol. The molecule has 27 heavy (non-hydrogen) atoms. The summed E-state index contributed by atoms with van der Waals surface area (Å²) in [5.41, 5.74) is 2.53. The van der Waals surface area contributed by atoms with Crippen molar-refractivity contribution in [3.63, 3.8) is 0 Å². The van der Waals surface area contributed by atoms with Crippen LogP contribution in [0.1, 0.15) is 28.7 Å². The molecule has 2 fully saturated rings. The number of aryl methyl sites for hydroxylation is 2. The minimum Gasteiger partial charge on any atom is -0.477 e. The van der Waals surface area contributed by atoms with Crippen molar-refractivity contribution in [2.75, 3.05) is 37.7 Å². The number of anilines is 1. The van der Waals surface area contributed by atoms with Crippen molar-refractivity contribution in [1.29, 1.82) is 0 Å². The average molecular weight is 367 g/mol. The van der Waals surface area contributed by atoms with Gasteiger partial charge in [0, 0.05) is 55.6 Å². The Kier molecular flexibility index (Phi) is 4.68. The van der Waals surface area contributed by atoms with Crippen LogP contribution in [-0.4, -0.2) is 58.5 Å². The lowest BCUT2D eigenvalue weighted by molar-refractivity contribution is 0.0777. The number of hydrogen-bond acceptors (Lipinski definition) is 6. The second-order valence-electron chi connectivity index (χ2n) is 7.38. The number of aromatic nitrogens is 3. The highest BCUT2D eigenvalue weighted by atomic mass is 16.5. The van der Waals surface area contributed by atoms with Gasteiger partial charge in [0.2, 0.25) is 11.8 Å². The lowest BCUT2D eigenvalue weighted by Crippen LogP contribution is -2.34. The van der Waals surface area contributed by atoms with Crippen LogP contribution in [0.25, 0.3) is 0 Å². The number of hydrogen-bond donors (Lipinski definition) is 0. The highest BCUT2D eigenvalue weighted by molar-refractivity contribution is 5.96. The van der Waals surface area contributed by atoms with E-state index in [-0.39, 0.29) is 5.91 Å². The summed E-state index contributed by atoms with van der Waals surface area (Å²) in [5, 5.41) is 0. The molecule has 7 heteroatoms. The number of rotatable bonds is 4. The first-order valence-electron chi connectivity index (χ1n) is 9.49. The SMILES string of the molecule is CCOc1ncccc1C(=O)N1CC2CN(c3nc(C)cc(C)n3)CC2C1. The molecule has 4 heterocycles. The Morgan fingerprint density at radius 1 is 1.15 bits per heavy atom. The van der Waals surface area contributed by atoms with Crippen LogP contribution in [-0.2, 0) is 0 Å². The molecule has 2 aromatic rings. The summed E-state index contributed by atoms with van der Waals surface area (Å²) < 4.78 is 5.53. The lowest BCUT2D eigenvalue weighted by Gasteiger charge is -2.22. The van der Waals surface area contributed by atoms with Gasteiger partial charge < -0.3 is 14.5 Å². The lowest BCUT2D eigenvalue weighted by atomic mass is 10.0. The predicted octanol–water partition coefficient (Wildman–Crippen LogP) is 2.10. The molecule has 142 valence electrons. The third kappa shape index (κ3) is 3.46. The van der Waals surface area contributed by atoms with Crippen LogP contribution in [0, 0.1) is 25.7 Å². The van der Waals surface area contributed by atoms with Crippen LogP contribution in [0.3, 0.4) is 0 Å². The third-order valence-corrected chi connectivity index (χ3v) is 5.31. The van der Waals surface area contributed by atoms with E-state index in [0.717, 1.165) is 43.5 Å².